The molecule has 0 spiro atoms. The Morgan fingerprint density at radius 1 is 1.09 bits per heavy atom. The first-order chi connectivity index (χ1) is 10.6. The van der Waals surface area contributed by atoms with Crippen molar-refractivity contribution in [3.05, 3.63) is 58.6 Å². The molecule has 0 bridgehead atoms. The van der Waals surface area contributed by atoms with Crippen LogP contribution in [0.25, 0.3) is 6.08 Å². The molecule has 0 fully saturated rings. The fourth-order valence-corrected chi connectivity index (χ4v) is 2.19. The maximum absolute atomic E-state index is 11.9. The molecule has 114 valence electrons. The van der Waals surface area contributed by atoms with Gasteiger partial charge in [-0.05, 0) is 36.4 Å². The molecule has 5 heteroatoms. The maximum atomic E-state index is 11.9. The number of carbonyl (C=O) groups is 1. The summed E-state index contributed by atoms with van der Waals surface area (Å²) in [6, 6.07) is 12.9. The summed E-state index contributed by atoms with van der Waals surface area (Å²) in [5.74, 6) is 1.00. The standard InChI is InChI=1S/C17H16BrNO3/c1-21-15-5-3-4-12(17(15)22-2)6-11-16(20)19-14-9-7-13(18)8-10-14/h3-11H,1-2H3,(H,19,20)/b11-6+. The van der Waals surface area contributed by atoms with E-state index >= 15 is 0 Å². The third kappa shape index (κ3) is 4.11. The van der Waals surface area contributed by atoms with Gasteiger partial charge in [-0.25, -0.2) is 0 Å². The third-order valence-corrected chi connectivity index (χ3v) is 3.49. The molecule has 0 aliphatic heterocycles. The second kappa shape index (κ2) is 7.66. The number of benzene rings is 2. The average molecular weight is 362 g/mol. The Bertz CT molecular complexity index is 681. The lowest BCUT2D eigenvalue weighted by Gasteiger charge is -2.09. The SMILES string of the molecule is COc1cccc(/C=C/C(=O)Nc2ccc(Br)cc2)c1OC. The van der Waals surface area contributed by atoms with Gasteiger partial charge >= 0.3 is 0 Å². The fraction of sp³-hybridized carbons (Fsp3) is 0.118. The molecule has 0 heterocycles. The van der Waals surface area contributed by atoms with E-state index in [4.69, 9.17) is 9.47 Å². The third-order valence-electron chi connectivity index (χ3n) is 2.96. The molecule has 0 radical (unpaired) electrons. The van der Waals surface area contributed by atoms with Crippen molar-refractivity contribution in [2.45, 2.75) is 0 Å². The summed E-state index contributed by atoms with van der Waals surface area (Å²) < 4.78 is 11.5. The number of amides is 1. The molecule has 0 saturated carbocycles. The summed E-state index contributed by atoms with van der Waals surface area (Å²) in [5.41, 5.74) is 1.50. The molecule has 0 unspecified atom stereocenters. The number of anilines is 1. The van der Waals surface area contributed by atoms with E-state index in [9.17, 15) is 4.79 Å². The summed E-state index contributed by atoms with van der Waals surface area (Å²) in [4.78, 5) is 11.9. The zero-order valence-electron chi connectivity index (χ0n) is 12.3. The van der Waals surface area contributed by atoms with Crippen LogP contribution in [0.4, 0.5) is 5.69 Å². The number of rotatable bonds is 5. The number of hydrogen-bond donors (Lipinski definition) is 1. The predicted octanol–water partition coefficient (Wildman–Crippen LogP) is 4.12. The van der Waals surface area contributed by atoms with Crippen molar-refractivity contribution in [1.29, 1.82) is 0 Å². The molecule has 1 N–H and O–H groups in total. The van der Waals surface area contributed by atoms with Crippen LogP contribution in [0.1, 0.15) is 5.56 Å². The summed E-state index contributed by atoms with van der Waals surface area (Å²) in [5, 5.41) is 2.79. The van der Waals surface area contributed by atoms with Crippen LogP contribution >= 0.6 is 15.9 Å². The second-order valence-corrected chi connectivity index (χ2v) is 5.33. The van der Waals surface area contributed by atoms with Gasteiger partial charge in [0, 0.05) is 21.8 Å². The van der Waals surface area contributed by atoms with Gasteiger partial charge in [-0.3, -0.25) is 4.79 Å². The second-order valence-electron chi connectivity index (χ2n) is 4.41. The molecule has 0 aliphatic carbocycles. The van der Waals surface area contributed by atoms with Gasteiger partial charge in [0.15, 0.2) is 11.5 Å². The first-order valence-corrected chi connectivity index (χ1v) is 7.39. The van der Waals surface area contributed by atoms with E-state index in [1.54, 1.807) is 26.4 Å². The van der Waals surface area contributed by atoms with E-state index < -0.39 is 0 Å². The van der Waals surface area contributed by atoms with Gasteiger partial charge in [-0.2, -0.15) is 0 Å². The van der Waals surface area contributed by atoms with E-state index in [-0.39, 0.29) is 5.91 Å². The molecule has 4 nitrogen and oxygen atoms in total. The van der Waals surface area contributed by atoms with Gasteiger partial charge in [0.05, 0.1) is 14.2 Å². The first-order valence-electron chi connectivity index (χ1n) is 6.59. The number of halogens is 1. The van der Waals surface area contributed by atoms with Crippen LogP contribution in [0, 0.1) is 0 Å². The van der Waals surface area contributed by atoms with Gasteiger partial charge in [-0.15, -0.1) is 0 Å². The van der Waals surface area contributed by atoms with Crippen molar-refractivity contribution in [1.82, 2.24) is 0 Å². The normalized spacial score (nSPS) is 10.5. The van der Waals surface area contributed by atoms with E-state index in [0.29, 0.717) is 11.5 Å². The van der Waals surface area contributed by atoms with Gasteiger partial charge in [-0.1, -0.05) is 28.1 Å². The maximum Gasteiger partial charge on any atom is 0.248 e. The Morgan fingerprint density at radius 3 is 2.45 bits per heavy atom. The van der Waals surface area contributed by atoms with E-state index in [0.717, 1.165) is 15.7 Å². The zero-order chi connectivity index (χ0) is 15.9. The zero-order valence-corrected chi connectivity index (χ0v) is 13.9. The van der Waals surface area contributed by atoms with Crippen LogP contribution in [0.15, 0.2) is 53.0 Å². The molecule has 2 aromatic carbocycles. The molecule has 0 atom stereocenters. The molecule has 0 saturated heterocycles. The number of methoxy groups -OCH3 is 2. The van der Waals surface area contributed by atoms with Gasteiger partial charge in [0.1, 0.15) is 0 Å². The largest absolute Gasteiger partial charge is 0.493 e. The van der Waals surface area contributed by atoms with Crippen molar-refractivity contribution in [3.8, 4) is 11.5 Å². The van der Waals surface area contributed by atoms with E-state index in [1.165, 1.54) is 6.08 Å². The van der Waals surface area contributed by atoms with E-state index in [1.807, 2.05) is 36.4 Å². The Hall–Kier alpha value is -2.27. The monoisotopic (exact) mass is 361 g/mol. The van der Waals surface area contributed by atoms with Crippen LogP contribution < -0.4 is 14.8 Å². The Morgan fingerprint density at radius 2 is 1.82 bits per heavy atom. The lowest BCUT2D eigenvalue weighted by molar-refractivity contribution is -0.111. The van der Waals surface area contributed by atoms with Crippen molar-refractivity contribution in [2.24, 2.45) is 0 Å². The average Bonchev–Trinajstić information content (AvgIpc) is 2.54. The summed E-state index contributed by atoms with van der Waals surface area (Å²) in [7, 11) is 3.14. The predicted molar refractivity (Wildman–Crippen MR) is 91.4 cm³/mol. The Labute approximate surface area is 137 Å². The number of nitrogens with one attached hydrogen (secondary N) is 1. The van der Waals surface area contributed by atoms with Gasteiger partial charge < -0.3 is 14.8 Å². The highest BCUT2D eigenvalue weighted by Crippen LogP contribution is 2.31. The summed E-state index contributed by atoms with van der Waals surface area (Å²) in [6.45, 7) is 0. The van der Waals surface area contributed by atoms with Crippen LogP contribution in [-0.2, 0) is 4.79 Å². The fourth-order valence-electron chi connectivity index (χ4n) is 1.93. The smallest absolute Gasteiger partial charge is 0.248 e. The van der Waals surface area contributed by atoms with Gasteiger partial charge in [0.2, 0.25) is 5.91 Å². The summed E-state index contributed by atoms with van der Waals surface area (Å²) in [6.07, 6.45) is 3.15. The highest BCUT2D eigenvalue weighted by Gasteiger charge is 2.07. The number of carbonyl (C=O) groups excluding carboxylic acids is 1. The van der Waals surface area contributed by atoms with Crippen molar-refractivity contribution < 1.29 is 14.3 Å². The lowest BCUT2D eigenvalue weighted by Crippen LogP contribution is -2.07. The van der Waals surface area contributed by atoms with Crippen molar-refractivity contribution in [2.75, 3.05) is 19.5 Å². The number of ether oxygens (including phenoxy) is 2. The molecule has 0 aromatic heterocycles. The quantitative estimate of drug-likeness (QED) is 0.814. The van der Waals surface area contributed by atoms with Crippen molar-refractivity contribution in [3.63, 3.8) is 0 Å². The molecular formula is C17H16BrNO3. The van der Waals surface area contributed by atoms with Crippen LogP contribution in [0.3, 0.4) is 0 Å². The summed E-state index contributed by atoms with van der Waals surface area (Å²) >= 11 is 3.35. The molecule has 0 aliphatic rings. The van der Waals surface area contributed by atoms with Gasteiger partial charge in [0.25, 0.3) is 0 Å². The Kier molecular flexibility index (Phi) is 5.61. The molecule has 1 amide bonds. The molecule has 22 heavy (non-hydrogen) atoms. The minimum absolute atomic E-state index is 0.216. The number of para-hydroxylation sites is 1. The molecule has 2 aromatic rings. The topological polar surface area (TPSA) is 47.6 Å². The molecular weight excluding hydrogens is 346 g/mol. The first kappa shape index (κ1) is 16.1. The molecule has 2 rings (SSSR count). The van der Waals surface area contributed by atoms with Crippen LogP contribution in [-0.4, -0.2) is 20.1 Å². The highest BCUT2D eigenvalue weighted by molar-refractivity contribution is 9.10. The number of hydrogen-bond acceptors (Lipinski definition) is 3. The van der Waals surface area contributed by atoms with Crippen LogP contribution in [0.5, 0.6) is 11.5 Å². The minimum Gasteiger partial charge on any atom is -0.493 e. The highest BCUT2D eigenvalue weighted by atomic mass is 79.9. The van der Waals surface area contributed by atoms with Crippen molar-refractivity contribution >= 4 is 33.6 Å². The lowest BCUT2D eigenvalue weighted by atomic mass is 10.1. The minimum atomic E-state index is -0.216. The Balaban J connectivity index is 2.11. The van der Waals surface area contributed by atoms with Crippen LogP contribution in [0.2, 0.25) is 0 Å². The van der Waals surface area contributed by atoms with E-state index in [2.05, 4.69) is 21.2 Å².